The lowest BCUT2D eigenvalue weighted by atomic mass is 10.0. The fourth-order valence-corrected chi connectivity index (χ4v) is 2.80. The minimum atomic E-state index is -0.838. The molecular formula is C14H20INO4. The van der Waals surface area contributed by atoms with Gasteiger partial charge in [0.1, 0.15) is 6.04 Å². The number of benzene rings is 1. The third-order valence-corrected chi connectivity index (χ3v) is 3.75. The van der Waals surface area contributed by atoms with Gasteiger partial charge in [-0.1, -0.05) is 13.8 Å². The van der Waals surface area contributed by atoms with Crippen LogP contribution in [0, 0.1) is 9.49 Å². The van der Waals surface area contributed by atoms with Crippen molar-refractivity contribution in [3.63, 3.8) is 0 Å². The second kappa shape index (κ2) is 7.68. The standard InChI is InChI=1S/C14H20INO4/c1-8(2)12(14(17)18)16-7-9-5-10(15)13(20-4)11(6-9)19-3/h5-6,8,12,16H,7H2,1-4H3,(H,17,18)/t12-/m1/s1. The van der Waals surface area contributed by atoms with Crippen molar-refractivity contribution in [1.29, 1.82) is 0 Å². The Bertz CT molecular complexity index is 476. The molecule has 0 saturated carbocycles. The number of hydrogen-bond acceptors (Lipinski definition) is 4. The first kappa shape index (κ1) is 17.0. The predicted octanol–water partition coefficient (Wildman–Crippen LogP) is 2.51. The molecule has 0 unspecified atom stereocenters. The van der Waals surface area contributed by atoms with Gasteiger partial charge in [0.25, 0.3) is 0 Å². The molecule has 1 rings (SSSR count). The maximum absolute atomic E-state index is 11.1. The second-order valence-electron chi connectivity index (χ2n) is 4.75. The SMILES string of the molecule is COc1cc(CN[C@@H](C(=O)O)C(C)C)cc(I)c1OC. The molecule has 2 N–H and O–H groups in total. The van der Waals surface area contributed by atoms with Crippen LogP contribution in [-0.2, 0) is 11.3 Å². The normalized spacial score (nSPS) is 12.3. The number of rotatable bonds is 7. The van der Waals surface area contributed by atoms with Gasteiger partial charge >= 0.3 is 5.97 Å². The van der Waals surface area contributed by atoms with Crippen LogP contribution in [0.4, 0.5) is 0 Å². The molecular weight excluding hydrogens is 373 g/mol. The molecule has 0 aliphatic carbocycles. The molecule has 0 bridgehead atoms. The lowest BCUT2D eigenvalue weighted by molar-refractivity contribution is -0.140. The van der Waals surface area contributed by atoms with E-state index in [0.29, 0.717) is 18.0 Å². The van der Waals surface area contributed by atoms with Gasteiger partial charge < -0.3 is 19.9 Å². The van der Waals surface area contributed by atoms with E-state index in [4.69, 9.17) is 14.6 Å². The number of carboxylic acid groups (broad SMARTS) is 1. The van der Waals surface area contributed by atoms with Gasteiger partial charge in [-0.25, -0.2) is 0 Å². The molecule has 0 spiro atoms. The first-order valence-electron chi connectivity index (χ1n) is 6.27. The maximum Gasteiger partial charge on any atom is 0.320 e. The zero-order chi connectivity index (χ0) is 15.3. The Hall–Kier alpha value is -1.02. The Labute approximate surface area is 132 Å². The average molecular weight is 393 g/mol. The summed E-state index contributed by atoms with van der Waals surface area (Å²) in [6.07, 6.45) is 0. The Morgan fingerprint density at radius 2 is 2.00 bits per heavy atom. The van der Waals surface area contributed by atoms with Gasteiger partial charge in [-0.3, -0.25) is 4.79 Å². The van der Waals surface area contributed by atoms with E-state index in [-0.39, 0.29) is 5.92 Å². The summed E-state index contributed by atoms with van der Waals surface area (Å²) in [5.74, 6) is 0.519. The van der Waals surface area contributed by atoms with Gasteiger partial charge in [-0.05, 0) is 46.2 Å². The van der Waals surface area contributed by atoms with Crippen molar-refractivity contribution in [3.05, 3.63) is 21.3 Å². The van der Waals surface area contributed by atoms with Crippen LogP contribution in [0.15, 0.2) is 12.1 Å². The van der Waals surface area contributed by atoms with Crippen molar-refractivity contribution in [2.24, 2.45) is 5.92 Å². The van der Waals surface area contributed by atoms with Crippen molar-refractivity contribution in [2.75, 3.05) is 14.2 Å². The van der Waals surface area contributed by atoms with E-state index in [1.165, 1.54) is 0 Å². The first-order chi connectivity index (χ1) is 9.40. The van der Waals surface area contributed by atoms with E-state index in [2.05, 4.69) is 27.9 Å². The minimum Gasteiger partial charge on any atom is -0.493 e. The topological polar surface area (TPSA) is 67.8 Å². The third-order valence-electron chi connectivity index (χ3n) is 2.95. The summed E-state index contributed by atoms with van der Waals surface area (Å²) in [6.45, 7) is 4.22. The Morgan fingerprint density at radius 3 is 2.45 bits per heavy atom. The lowest BCUT2D eigenvalue weighted by Gasteiger charge is -2.19. The highest BCUT2D eigenvalue weighted by Crippen LogP contribution is 2.33. The molecule has 0 radical (unpaired) electrons. The number of ether oxygens (including phenoxy) is 2. The quantitative estimate of drug-likeness (QED) is 0.697. The molecule has 0 amide bonds. The van der Waals surface area contributed by atoms with E-state index < -0.39 is 12.0 Å². The van der Waals surface area contributed by atoms with Gasteiger partial charge in [-0.15, -0.1) is 0 Å². The van der Waals surface area contributed by atoms with Crippen LogP contribution in [0.5, 0.6) is 11.5 Å². The van der Waals surface area contributed by atoms with Gasteiger partial charge in [0, 0.05) is 6.54 Å². The van der Waals surface area contributed by atoms with Crippen LogP contribution in [0.1, 0.15) is 19.4 Å². The molecule has 0 saturated heterocycles. The van der Waals surface area contributed by atoms with Crippen LogP contribution in [0.2, 0.25) is 0 Å². The molecule has 0 fully saturated rings. The largest absolute Gasteiger partial charge is 0.493 e. The molecule has 20 heavy (non-hydrogen) atoms. The van der Waals surface area contributed by atoms with Crippen LogP contribution in [0.3, 0.4) is 0 Å². The molecule has 112 valence electrons. The van der Waals surface area contributed by atoms with E-state index in [9.17, 15) is 4.79 Å². The van der Waals surface area contributed by atoms with Gasteiger partial charge in [-0.2, -0.15) is 0 Å². The molecule has 6 heteroatoms. The van der Waals surface area contributed by atoms with Crippen molar-refractivity contribution >= 4 is 28.6 Å². The lowest BCUT2D eigenvalue weighted by Crippen LogP contribution is -2.40. The van der Waals surface area contributed by atoms with E-state index in [1.807, 2.05) is 26.0 Å². The molecule has 0 aromatic heterocycles. The van der Waals surface area contributed by atoms with E-state index in [0.717, 1.165) is 9.13 Å². The van der Waals surface area contributed by atoms with Crippen molar-refractivity contribution in [2.45, 2.75) is 26.4 Å². The summed E-state index contributed by atoms with van der Waals surface area (Å²) in [4.78, 5) is 11.1. The maximum atomic E-state index is 11.1. The molecule has 1 aromatic rings. The summed E-state index contributed by atoms with van der Waals surface area (Å²) in [5.41, 5.74) is 0.957. The number of carbonyl (C=O) groups is 1. The fourth-order valence-electron chi connectivity index (χ4n) is 1.91. The average Bonchev–Trinajstić information content (AvgIpc) is 2.37. The molecule has 0 heterocycles. The monoisotopic (exact) mass is 393 g/mol. The number of methoxy groups -OCH3 is 2. The highest BCUT2D eigenvalue weighted by atomic mass is 127. The number of carboxylic acids is 1. The number of halogens is 1. The van der Waals surface area contributed by atoms with Gasteiger partial charge in [0.15, 0.2) is 11.5 Å². The van der Waals surface area contributed by atoms with Crippen molar-refractivity contribution < 1.29 is 19.4 Å². The first-order valence-corrected chi connectivity index (χ1v) is 7.35. The Balaban J connectivity index is 2.88. The molecule has 0 aliphatic rings. The number of aliphatic carboxylic acids is 1. The summed E-state index contributed by atoms with van der Waals surface area (Å²) in [6, 6.07) is 3.24. The van der Waals surface area contributed by atoms with Crippen LogP contribution in [0.25, 0.3) is 0 Å². The van der Waals surface area contributed by atoms with E-state index in [1.54, 1.807) is 14.2 Å². The van der Waals surface area contributed by atoms with E-state index >= 15 is 0 Å². The highest BCUT2D eigenvalue weighted by Gasteiger charge is 2.21. The zero-order valence-corrected chi connectivity index (χ0v) is 14.2. The smallest absolute Gasteiger partial charge is 0.320 e. The Morgan fingerprint density at radius 1 is 1.35 bits per heavy atom. The van der Waals surface area contributed by atoms with Crippen molar-refractivity contribution in [3.8, 4) is 11.5 Å². The second-order valence-corrected chi connectivity index (χ2v) is 5.92. The molecule has 0 aliphatic heterocycles. The molecule has 5 nitrogen and oxygen atoms in total. The summed E-state index contributed by atoms with van der Waals surface area (Å²) in [5, 5.41) is 12.2. The molecule has 1 atom stereocenters. The van der Waals surface area contributed by atoms with Crippen LogP contribution >= 0.6 is 22.6 Å². The van der Waals surface area contributed by atoms with Crippen molar-refractivity contribution in [1.82, 2.24) is 5.32 Å². The van der Waals surface area contributed by atoms with Gasteiger partial charge in [0.2, 0.25) is 0 Å². The summed E-state index contributed by atoms with van der Waals surface area (Å²) < 4.78 is 11.5. The Kier molecular flexibility index (Phi) is 6.54. The highest BCUT2D eigenvalue weighted by molar-refractivity contribution is 14.1. The van der Waals surface area contributed by atoms with Gasteiger partial charge in [0.05, 0.1) is 17.8 Å². The van der Waals surface area contributed by atoms with Crippen LogP contribution in [-0.4, -0.2) is 31.3 Å². The minimum absolute atomic E-state index is 0.0201. The van der Waals surface area contributed by atoms with Crippen LogP contribution < -0.4 is 14.8 Å². The number of nitrogens with one attached hydrogen (secondary N) is 1. The predicted molar refractivity (Wildman–Crippen MR) is 85.4 cm³/mol. The number of hydrogen-bond donors (Lipinski definition) is 2. The summed E-state index contributed by atoms with van der Waals surface area (Å²) in [7, 11) is 3.18. The summed E-state index contributed by atoms with van der Waals surface area (Å²) >= 11 is 2.17. The fraction of sp³-hybridized carbons (Fsp3) is 0.500. The third kappa shape index (κ3) is 4.24. The zero-order valence-electron chi connectivity index (χ0n) is 12.1. The molecule has 1 aromatic carbocycles.